The number of amides is 2. The van der Waals surface area contributed by atoms with Crippen LogP contribution in [0.25, 0.3) is 0 Å². The average Bonchev–Trinajstić information content (AvgIpc) is 2.42. The molecule has 2 amide bonds. The fraction of sp³-hybridized carbons (Fsp3) is 0.308. The second-order valence-corrected chi connectivity index (χ2v) is 4.27. The van der Waals surface area contributed by atoms with Crippen LogP contribution < -0.4 is 20.5 Å². The smallest absolute Gasteiger partial charge is 0.261 e. The highest BCUT2D eigenvalue weighted by Gasteiger charge is 2.31. The second-order valence-electron chi connectivity index (χ2n) is 4.27. The van der Waals surface area contributed by atoms with Gasteiger partial charge in [-0.25, -0.2) is 0 Å². The maximum atomic E-state index is 11.7. The SMILES string of the molecule is COc1ccc(CC2C(=O)N=C(N)NC2=O)cc1OC. The molecule has 0 saturated heterocycles. The van der Waals surface area contributed by atoms with Crippen molar-refractivity contribution in [2.75, 3.05) is 14.2 Å². The van der Waals surface area contributed by atoms with Crippen molar-refractivity contribution >= 4 is 17.8 Å². The summed E-state index contributed by atoms with van der Waals surface area (Å²) in [5, 5.41) is 2.34. The van der Waals surface area contributed by atoms with Gasteiger partial charge in [0.2, 0.25) is 11.9 Å². The normalized spacial score (nSPS) is 18.3. The molecule has 1 unspecified atom stereocenters. The summed E-state index contributed by atoms with van der Waals surface area (Å²) >= 11 is 0. The third kappa shape index (κ3) is 2.71. The largest absolute Gasteiger partial charge is 0.493 e. The van der Waals surface area contributed by atoms with Crippen LogP contribution in [0.3, 0.4) is 0 Å². The molecule has 1 atom stereocenters. The van der Waals surface area contributed by atoms with E-state index < -0.39 is 17.7 Å². The van der Waals surface area contributed by atoms with Crippen LogP contribution in [0.2, 0.25) is 0 Å². The Labute approximate surface area is 115 Å². The highest BCUT2D eigenvalue weighted by Crippen LogP contribution is 2.28. The fourth-order valence-corrected chi connectivity index (χ4v) is 1.97. The van der Waals surface area contributed by atoms with Gasteiger partial charge in [0.15, 0.2) is 11.5 Å². The molecule has 1 aliphatic heterocycles. The van der Waals surface area contributed by atoms with Gasteiger partial charge in [-0.05, 0) is 24.1 Å². The van der Waals surface area contributed by atoms with Gasteiger partial charge in [-0.2, -0.15) is 4.99 Å². The van der Waals surface area contributed by atoms with Gasteiger partial charge in [-0.15, -0.1) is 0 Å². The topological polar surface area (TPSA) is 103 Å². The Hall–Kier alpha value is -2.57. The van der Waals surface area contributed by atoms with Crippen molar-refractivity contribution in [3.8, 4) is 11.5 Å². The molecular weight excluding hydrogens is 262 g/mol. The monoisotopic (exact) mass is 277 g/mol. The van der Waals surface area contributed by atoms with Gasteiger partial charge < -0.3 is 15.2 Å². The lowest BCUT2D eigenvalue weighted by atomic mass is 9.96. The quantitative estimate of drug-likeness (QED) is 0.744. The number of methoxy groups -OCH3 is 2. The highest BCUT2D eigenvalue weighted by molar-refractivity contribution is 6.14. The lowest BCUT2D eigenvalue weighted by Gasteiger charge is -2.18. The van der Waals surface area contributed by atoms with E-state index in [0.717, 1.165) is 5.56 Å². The number of hydrogen-bond acceptors (Lipinski definition) is 5. The molecule has 1 heterocycles. The lowest BCUT2D eigenvalue weighted by molar-refractivity contribution is -0.133. The third-order valence-corrected chi connectivity index (χ3v) is 2.98. The Morgan fingerprint density at radius 2 is 1.95 bits per heavy atom. The molecule has 1 aromatic rings. The summed E-state index contributed by atoms with van der Waals surface area (Å²) < 4.78 is 10.3. The Morgan fingerprint density at radius 3 is 2.55 bits per heavy atom. The van der Waals surface area contributed by atoms with Gasteiger partial charge in [-0.1, -0.05) is 6.07 Å². The minimum atomic E-state index is -0.875. The van der Waals surface area contributed by atoms with Crippen LogP contribution in [-0.4, -0.2) is 32.0 Å². The van der Waals surface area contributed by atoms with Crippen LogP contribution in [0.4, 0.5) is 0 Å². The summed E-state index contributed by atoms with van der Waals surface area (Å²) in [4.78, 5) is 27.0. The van der Waals surface area contributed by atoms with Crippen LogP contribution in [0, 0.1) is 5.92 Å². The number of nitrogens with zero attached hydrogens (tertiary/aromatic N) is 1. The summed E-state index contributed by atoms with van der Waals surface area (Å²) in [6.07, 6.45) is 0.224. The molecule has 1 aliphatic rings. The van der Waals surface area contributed by atoms with Crippen molar-refractivity contribution in [2.24, 2.45) is 16.6 Å². The zero-order valence-corrected chi connectivity index (χ0v) is 11.2. The van der Waals surface area contributed by atoms with Gasteiger partial charge in [0.05, 0.1) is 14.2 Å². The van der Waals surface area contributed by atoms with Crippen LogP contribution >= 0.6 is 0 Å². The first kappa shape index (κ1) is 13.9. The highest BCUT2D eigenvalue weighted by atomic mass is 16.5. The van der Waals surface area contributed by atoms with Crippen molar-refractivity contribution in [3.63, 3.8) is 0 Å². The molecular formula is C13H15N3O4. The number of guanidine groups is 1. The zero-order valence-electron chi connectivity index (χ0n) is 11.2. The van der Waals surface area contributed by atoms with E-state index in [9.17, 15) is 9.59 Å². The van der Waals surface area contributed by atoms with Crippen molar-refractivity contribution in [2.45, 2.75) is 6.42 Å². The standard InChI is InChI=1S/C13H15N3O4/c1-19-9-4-3-7(6-10(9)20-2)5-8-11(17)15-13(14)16-12(8)18/h3-4,6,8H,5H2,1-2H3,(H3,14,15,16,17,18). The Kier molecular flexibility index (Phi) is 3.88. The molecule has 2 rings (SSSR count). The third-order valence-electron chi connectivity index (χ3n) is 2.98. The predicted octanol–water partition coefficient (Wildman–Crippen LogP) is -0.166. The number of benzene rings is 1. The van der Waals surface area contributed by atoms with Crippen LogP contribution in [0.1, 0.15) is 5.56 Å². The van der Waals surface area contributed by atoms with Crippen molar-refractivity contribution < 1.29 is 19.1 Å². The Bertz CT molecular complexity index is 583. The molecule has 0 fully saturated rings. The number of carbonyl (C=O) groups excluding carboxylic acids is 2. The van der Waals surface area contributed by atoms with Gasteiger partial charge >= 0.3 is 0 Å². The number of nitrogens with one attached hydrogen (secondary N) is 1. The van der Waals surface area contributed by atoms with E-state index in [0.29, 0.717) is 11.5 Å². The minimum absolute atomic E-state index is 0.163. The maximum Gasteiger partial charge on any atom is 0.261 e. The van der Waals surface area contributed by atoms with E-state index in [1.54, 1.807) is 18.2 Å². The maximum absolute atomic E-state index is 11.7. The van der Waals surface area contributed by atoms with E-state index in [1.165, 1.54) is 14.2 Å². The lowest BCUT2D eigenvalue weighted by Crippen LogP contribution is -2.48. The van der Waals surface area contributed by atoms with Crippen molar-refractivity contribution in [1.29, 1.82) is 0 Å². The Balaban J connectivity index is 2.22. The molecule has 3 N–H and O–H groups in total. The molecule has 20 heavy (non-hydrogen) atoms. The molecule has 0 radical (unpaired) electrons. The minimum Gasteiger partial charge on any atom is -0.493 e. The van der Waals surface area contributed by atoms with Crippen molar-refractivity contribution in [1.82, 2.24) is 5.32 Å². The Morgan fingerprint density at radius 1 is 1.25 bits per heavy atom. The average molecular weight is 277 g/mol. The number of hydrogen-bond donors (Lipinski definition) is 2. The molecule has 7 heteroatoms. The van der Waals surface area contributed by atoms with E-state index >= 15 is 0 Å². The van der Waals surface area contributed by atoms with Gasteiger partial charge in [-0.3, -0.25) is 14.9 Å². The van der Waals surface area contributed by atoms with Crippen molar-refractivity contribution in [3.05, 3.63) is 23.8 Å². The number of aliphatic imine (C=N–C) groups is 1. The van der Waals surface area contributed by atoms with E-state index in [2.05, 4.69) is 10.3 Å². The summed E-state index contributed by atoms with van der Waals surface area (Å²) in [7, 11) is 3.05. The van der Waals surface area contributed by atoms with E-state index in [-0.39, 0.29) is 12.4 Å². The zero-order chi connectivity index (χ0) is 14.7. The molecule has 0 bridgehead atoms. The predicted molar refractivity (Wildman–Crippen MR) is 71.5 cm³/mol. The van der Waals surface area contributed by atoms with Gasteiger partial charge in [0.25, 0.3) is 5.91 Å². The first-order valence-corrected chi connectivity index (χ1v) is 5.95. The van der Waals surface area contributed by atoms with E-state index in [1.807, 2.05) is 0 Å². The summed E-state index contributed by atoms with van der Waals surface area (Å²) in [5.74, 6) is -0.906. The molecule has 0 aromatic heterocycles. The first-order valence-electron chi connectivity index (χ1n) is 5.95. The molecule has 0 spiro atoms. The number of rotatable bonds is 4. The van der Waals surface area contributed by atoms with E-state index in [4.69, 9.17) is 15.2 Å². The number of ether oxygens (including phenoxy) is 2. The molecule has 7 nitrogen and oxygen atoms in total. The number of nitrogens with two attached hydrogens (primary N) is 1. The van der Waals surface area contributed by atoms with Crippen LogP contribution in [0.15, 0.2) is 23.2 Å². The second kappa shape index (κ2) is 5.60. The summed E-state index contributed by atoms with van der Waals surface area (Å²) in [5.41, 5.74) is 6.09. The van der Waals surface area contributed by atoms with Crippen LogP contribution in [0.5, 0.6) is 11.5 Å². The molecule has 106 valence electrons. The molecule has 1 aromatic carbocycles. The summed E-state index contributed by atoms with van der Waals surface area (Å²) in [6, 6.07) is 5.21. The van der Waals surface area contributed by atoms with Gasteiger partial charge in [0.1, 0.15) is 5.92 Å². The summed E-state index contributed by atoms with van der Waals surface area (Å²) in [6.45, 7) is 0. The van der Waals surface area contributed by atoms with Crippen LogP contribution in [-0.2, 0) is 16.0 Å². The van der Waals surface area contributed by atoms with Gasteiger partial charge in [0, 0.05) is 0 Å². The fourth-order valence-electron chi connectivity index (χ4n) is 1.97. The first-order chi connectivity index (χ1) is 9.55. The number of carbonyl (C=O) groups is 2. The molecule has 0 aliphatic carbocycles. The molecule has 0 saturated carbocycles.